The molecule has 0 radical (unpaired) electrons. The monoisotopic (exact) mass is 416 g/mol. The Morgan fingerprint density at radius 3 is 2.65 bits per heavy atom. The molecule has 6 nitrogen and oxygen atoms in total. The molecular weight excluding hydrogens is 384 g/mol. The Kier molecular flexibility index (Phi) is 7.66. The fraction of sp³-hybridized carbons (Fsp3) is 0.400. The Morgan fingerprint density at radius 1 is 1.16 bits per heavy atom. The Hall–Kier alpha value is -3.33. The number of benzene rings is 1. The van der Waals surface area contributed by atoms with E-state index in [9.17, 15) is 0 Å². The van der Waals surface area contributed by atoms with Crippen LogP contribution in [0.2, 0.25) is 0 Å². The molecule has 1 fully saturated rings. The number of imidazole rings is 1. The molecule has 0 aliphatic carbocycles. The van der Waals surface area contributed by atoms with Gasteiger partial charge in [0.25, 0.3) is 0 Å². The van der Waals surface area contributed by atoms with Crippen molar-refractivity contribution in [2.45, 2.75) is 53.1 Å². The quantitative estimate of drug-likeness (QED) is 0.612. The van der Waals surface area contributed by atoms with Crippen LogP contribution in [0.5, 0.6) is 0 Å². The summed E-state index contributed by atoms with van der Waals surface area (Å²) in [7, 11) is 0. The molecule has 3 heterocycles. The normalized spacial score (nSPS) is 15.1. The van der Waals surface area contributed by atoms with Crippen LogP contribution >= 0.6 is 0 Å². The molecule has 1 unspecified atom stereocenters. The van der Waals surface area contributed by atoms with Gasteiger partial charge in [-0.3, -0.25) is 0 Å². The molecule has 2 aromatic heterocycles. The Balaban J connectivity index is 0.00000132. The Morgan fingerprint density at radius 2 is 1.94 bits per heavy atom. The van der Waals surface area contributed by atoms with Gasteiger partial charge in [-0.05, 0) is 37.8 Å². The summed E-state index contributed by atoms with van der Waals surface area (Å²) in [6, 6.07) is 10.3. The maximum absolute atomic E-state index is 4.78. The second-order valence-electron chi connectivity index (χ2n) is 7.19. The van der Waals surface area contributed by atoms with Gasteiger partial charge >= 0.3 is 0 Å². The Bertz CT molecular complexity index is 1070. The minimum absolute atomic E-state index is 0.321. The van der Waals surface area contributed by atoms with Crippen LogP contribution in [-0.4, -0.2) is 43.6 Å². The van der Waals surface area contributed by atoms with Crippen LogP contribution in [0.25, 0.3) is 11.2 Å². The first-order valence-electron chi connectivity index (χ1n) is 11.2. The average Bonchev–Trinajstić information content (AvgIpc) is 3.44. The summed E-state index contributed by atoms with van der Waals surface area (Å²) in [6.07, 6.45) is 3.64. The first-order chi connectivity index (χ1) is 15.2. The van der Waals surface area contributed by atoms with Crippen LogP contribution in [0.1, 0.15) is 51.9 Å². The smallest absolute Gasteiger partial charge is 0.188 e. The highest BCUT2D eigenvalue weighted by Crippen LogP contribution is 2.24. The number of hydrogen-bond donors (Lipinski definition) is 1. The lowest BCUT2D eigenvalue weighted by Gasteiger charge is -2.20. The van der Waals surface area contributed by atoms with Crippen LogP contribution in [0.3, 0.4) is 0 Å². The number of anilines is 1. The summed E-state index contributed by atoms with van der Waals surface area (Å²) in [6.45, 7) is 15.1. The number of nitrogens with zero attached hydrogens (tertiary/aromatic N) is 5. The molecule has 162 valence electrons. The maximum Gasteiger partial charge on any atom is 0.188 e. The van der Waals surface area contributed by atoms with Crippen LogP contribution in [0.4, 0.5) is 5.82 Å². The minimum Gasteiger partial charge on any atom is -0.373 e. The zero-order chi connectivity index (χ0) is 22.2. The third-order valence-electron chi connectivity index (χ3n) is 5.33. The summed E-state index contributed by atoms with van der Waals surface area (Å²) in [5.74, 6) is 7.89. The van der Waals surface area contributed by atoms with Crippen molar-refractivity contribution in [3.8, 4) is 11.8 Å². The van der Waals surface area contributed by atoms with Gasteiger partial charge in [0.2, 0.25) is 0 Å². The van der Waals surface area contributed by atoms with Crippen molar-refractivity contribution in [1.82, 2.24) is 24.4 Å². The summed E-state index contributed by atoms with van der Waals surface area (Å²) >= 11 is 0. The molecule has 31 heavy (non-hydrogen) atoms. The third-order valence-corrected chi connectivity index (χ3v) is 5.33. The van der Waals surface area contributed by atoms with Crippen molar-refractivity contribution in [3.63, 3.8) is 0 Å². The number of nitrogens with one attached hydrogen (secondary N) is 1. The van der Waals surface area contributed by atoms with E-state index in [2.05, 4.69) is 52.5 Å². The average molecular weight is 417 g/mol. The van der Waals surface area contributed by atoms with Crippen molar-refractivity contribution in [2.75, 3.05) is 18.4 Å². The molecule has 1 aromatic carbocycles. The first kappa shape index (κ1) is 22.4. The van der Waals surface area contributed by atoms with Crippen molar-refractivity contribution >= 4 is 17.0 Å². The van der Waals surface area contributed by atoms with E-state index in [1.165, 1.54) is 5.70 Å². The standard InChI is InChI=1S/C23H26N6.C2H6/c1-4-17(3)28-14-13-19(15-28)26-22-21-23(25-16-24-22)29(5-2)20(27-21)12-11-18-9-7-6-8-10-18;1-2/h6-10,16,19H,3-5,13-15H2,1-2H3,(H,24,25,26);1-2H3. The van der Waals surface area contributed by atoms with E-state index < -0.39 is 0 Å². The second-order valence-corrected chi connectivity index (χ2v) is 7.19. The molecule has 0 bridgehead atoms. The topological polar surface area (TPSA) is 58.9 Å². The van der Waals surface area contributed by atoms with Gasteiger partial charge in [-0.25, -0.2) is 15.0 Å². The van der Waals surface area contributed by atoms with Crippen molar-refractivity contribution in [1.29, 1.82) is 0 Å². The van der Waals surface area contributed by atoms with E-state index in [4.69, 9.17) is 4.98 Å². The van der Waals surface area contributed by atoms with Crippen LogP contribution in [0, 0.1) is 11.8 Å². The van der Waals surface area contributed by atoms with Gasteiger partial charge in [0.05, 0.1) is 0 Å². The highest BCUT2D eigenvalue weighted by molar-refractivity contribution is 5.84. The largest absolute Gasteiger partial charge is 0.373 e. The van der Waals surface area contributed by atoms with Gasteiger partial charge < -0.3 is 14.8 Å². The predicted octanol–water partition coefficient (Wildman–Crippen LogP) is 4.68. The maximum atomic E-state index is 4.78. The number of fused-ring (bicyclic) bond motifs is 1. The molecule has 0 amide bonds. The summed E-state index contributed by atoms with van der Waals surface area (Å²) < 4.78 is 2.04. The number of aryl methyl sites for hydroxylation is 1. The third kappa shape index (κ3) is 5.05. The minimum atomic E-state index is 0.321. The molecule has 1 saturated heterocycles. The highest BCUT2D eigenvalue weighted by atomic mass is 15.2. The summed E-state index contributed by atoms with van der Waals surface area (Å²) in [5, 5.41) is 3.57. The molecule has 6 heteroatoms. The number of rotatable bonds is 5. The van der Waals surface area contributed by atoms with E-state index in [1.807, 2.05) is 48.7 Å². The summed E-state index contributed by atoms with van der Waals surface area (Å²) in [5.41, 5.74) is 3.75. The lowest BCUT2D eigenvalue weighted by atomic mass is 10.2. The lowest BCUT2D eigenvalue weighted by molar-refractivity contribution is 0.412. The molecule has 3 aromatic rings. The zero-order valence-electron chi connectivity index (χ0n) is 19.0. The molecule has 1 aliphatic heterocycles. The number of aromatic nitrogens is 4. The first-order valence-corrected chi connectivity index (χ1v) is 11.2. The fourth-order valence-corrected chi connectivity index (χ4v) is 3.67. The number of hydrogen-bond acceptors (Lipinski definition) is 5. The fourth-order valence-electron chi connectivity index (χ4n) is 3.67. The summed E-state index contributed by atoms with van der Waals surface area (Å²) in [4.78, 5) is 16.1. The van der Waals surface area contributed by atoms with E-state index in [0.717, 1.165) is 55.0 Å². The molecule has 1 aliphatic rings. The zero-order valence-corrected chi connectivity index (χ0v) is 19.0. The lowest BCUT2D eigenvalue weighted by Crippen LogP contribution is -2.26. The second kappa shape index (κ2) is 10.6. The van der Waals surface area contributed by atoms with Gasteiger partial charge in [0, 0.05) is 36.9 Å². The SMILES string of the molecule is C=C(CC)N1CCC(Nc2ncnc3c2nc(C#Cc2ccccc2)n3CC)C1.CC. The van der Waals surface area contributed by atoms with E-state index in [-0.39, 0.29) is 0 Å². The molecule has 4 rings (SSSR count). The molecule has 1 atom stereocenters. The van der Waals surface area contributed by atoms with E-state index in [1.54, 1.807) is 6.33 Å². The molecule has 1 N–H and O–H groups in total. The van der Waals surface area contributed by atoms with Crippen LogP contribution < -0.4 is 5.32 Å². The van der Waals surface area contributed by atoms with Crippen molar-refractivity contribution < 1.29 is 0 Å². The van der Waals surface area contributed by atoms with Crippen molar-refractivity contribution in [2.24, 2.45) is 0 Å². The van der Waals surface area contributed by atoms with E-state index in [0.29, 0.717) is 11.9 Å². The molecule has 0 saturated carbocycles. The van der Waals surface area contributed by atoms with Crippen LogP contribution in [-0.2, 0) is 6.54 Å². The van der Waals surface area contributed by atoms with Gasteiger partial charge in [0.15, 0.2) is 22.8 Å². The highest BCUT2D eigenvalue weighted by Gasteiger charge is 2.24. The van der Waals surface area contributed by atoms with Gasteiger partial charge in [-0.1, -0.05) is 51.5 Å². The van der Waals surface area contributed by atoms with Crippen LogP contribution in [0.15, 0.2) is 48.9 Å². The van der Waals surface area contributed by atoms with Gasteiger partial charge in [-0.15, -0.1) is 0 Å². The Labute approximate surface area is 185 Å². The predicted molar refractivity (Wildman–Crippen MR) is 128 cm³/mol. The number of likely N-dealkylation sites (tertiary alicyclic amines) is 1. The van der Waals surface area contributed by atoms with Gasteiger partial charge in [-0.2, -0.15) is 0 Å². The van der Waals surface area contributed by atoms with Gasteiger partial charge in [0.1, 0.15) is 6.33 Å². The molecule has 0 spiro atoms. The number of allylic oxidation sites excluding steroid dienone is 1. The molecular formula is C25H32N6. The van der Waals surface area contributed by atoms with Crippen molar-refractivity contribution in [3.05, 3.63) is 60.3 Å². The van der Waals surface area contributed by atoms with E-state index >= 15 is 0 Å².